The largest absolute Gasteiger partial charge is 0.295 e. The molecule has 0 saturated carbocycles. The van der Waals surface area contributed by atoms with Crippen LogP contribution in [0.25, 0.3) is 0 Å². The first-order valence-electron chi connectivity index (χ1n) is 5.56. The zero-order valence-corrected chi connectivity index (χ0v) is 9.26. The summed E-state index contributed by atoms with van der Waals surface area (Å²) in [4.78, 5) is 12.1. The number of hydrogen-bond acceptors (Lipinski definition) is 2. The Morgan fingerprint density at radius 2 is 1.65 bits per heavy atom. The molecule has 0 radical (unpaired) electrons. The maximum atomic E-state index is 12.1. The number of rotatable bonds is 2. The van der Waals surface area contributed by atoms with E-state index >= 15 is 0 Å². The van der Waals surface area contributed by atoms with Crippen molar-refractivity contribution in [3.05, 3.63) is 65.7 Å². The third kappa shape index (κ3) is 1.76. The quantitative estimate of drug-likeness (QED) is 0.850. The molecule has 0 bridgehead atoms. The lowest BCUT2D eigenvalue weighted by Gasteiger charge is -2.18. The van der Waals surface area contributed by atoms with Crippen LogP contribution in [0.1, 0.15) is 15.9 Å². The van der Waals surface area contributed by atoms with Gasteiger partial charge >= 0.3 is 0 Å². The summed E-state index contributed by atoms with van der Waals surface area (Å²) in [5, 5.41) is 1.64. The van der Waals surface area contributed by atoms with Gasteiger partial charge < -0.3 is 0 Å². The molecule has 17 heavy (non-hydrogen) atoms. The van der Waals surface area contributed by atoms with E-state index in [1.54, 1.807) is 5.01 Å². The molecule has 0 aliphatic carbocycles. The third-order valence-corrected chi connectivity index (χ3v) is 2.86. The summed E-state index contributed by atoms with van der Waals surface area (Å²) in [7, 11) is 0. The van der Waals surface area contributed by atoms with Gasteiger partial charge in [0.2, 0.25) is 0 Å². The molecule has 0 atom stereocenters. The van der Waals surface area contributed by atoms with Gasteiger partial charge in [0.05, 0.1) is 12.2 Å². The van der Waals surface area contributed by atoms with Crippen LogP contribution in [-0.4, -0.2) is 10.9 Å². The van der Waals surface area contributed by atoms with Crippen LogP contribution >= 0.6 is 0 Å². The fourth-order valence-electron chi connectivity index (χ4n) is 2.01. The lowest BCUT2D eigenvalue weighted by atomic mass is 10.1. The Bertz CT molecular complexity index is 551. The summed E-state index contributed by atoms with van der Waals surface area (Å²) in [5.74, 6) is 0.0319. The molecule has 2 aromatic carbocycles. The SMILES string of the molecule is O=C1c2ccccc2CN1Nc1ccccc1. The van der Waals surface area contributed by atoms with E-state index < -0.39 is 0 Å². The normalized spacial score (nSPS) is 13.6. The minimum Gasteiger partial charge on any atom is -0.295 e. The highest BCUT2D eigenvalue weighted by Crippen LogP contribution is 2.22. The van der Waals surface area contributed by atoms with Crippen LogP contribution in [0.5, 0.6) is 0 Å². The predicted octanol–water partition coefficient (Wildman–Crippen LogP) is 2.67. The van der Waals surface area contributed by atoms with Gasteiger partial charge in [-0.1, -0.05) is 36.4 Å². The van der Waals surface area contributed by atoms with Gasteiger partial charge in [-0.15, -0.1) is 0 Å². The lowest BCUT2D eigenvalue weighted by Crippen LogP contribution is -2.29. The number of amides is 1. The number of fused-ring (bicyclic) bond motifs is 1. The third-order valence-electron chi connectivity index (χ3n) is 2.86. The van der Waals surface area contributed by atoms with E-state index in [1.807, 2.05) is 54.6 Å². The van der Waals surface area contributed by atoms with Crippen molar-refractivity contribution in [2.75, 3.05) is 5.43 Å². The van der Waals surface area contributed by atoms with Crippen molar-refractivity contribution in [2.45, 2.75) is 6.54 Å². The lowest BCUT2D eigenvalue weighted by molar-refractivity contribution is 0.0814. The standard InChI is InChI=1S/C14H12N2O/c17-14-13-9-5-4-6-11(13)10-16(14)15-12-7-2-1-3-8-12/h1-9,15H,10H2. The molecule has 3 rings (SSSR count). The van der Waals surface area contributed by atoms with E-state index in [-0.39, 0.29) is 5.91 Å². The molecule has 1 amide bonds. The highest BCUT2D eigenvalue weighted by molar-refractivity contribution is 5.98. The Morgan fingerprint density at radius 1 is 0.941 bits per heavy atom. The van der Waals surface area contributed by atoms with Crippen LogP contribution in [0.15, 0.2) is 54.6 Å². The number of nitrogens with zero attached hydrogens (tertiary/aromatic N) is 1. The number of para-hydroxylation sites is 1. The van der Waals surface area contributed by atoms with E-state index in [1.165, 1.54) is 0 Å². The molecule has 1 aliphatic rings. The summed E-state index contributed by atoms with van der Waals surface area (Å²) in [6.07, 6.45) is 0. The predicted molar refractivity (Wildman–Crippen MR) is 66.4 cm³/mol. The Morgan fingerprint density at radius 3 is 2.41 bits per heavy atom. The first-order valence-corrected chi connectivity index (χ1v) is 5.56. The molecule has 0 spiro atoms. The van der Waals surface area contributed by atoms with Crippen molar-refractivity contribution in [3.63, 3.8) is 0 Å². The maximum absolute atomic E-state index is 12.1. The van der Waals surface area contributed by atoms with Crippen LogP contribution in [0.4, 0.5) is 5.69 Å². The first kappa shape index (κ1) is 9.90. The van der Waals surface area contributed by atoms with E-state index in [9.17, 15) is 4.79 Å². The summed E-state index contributed by atoms with van der Waals surface area (Å²) >= 11 is 0. The maximum Gasteiger partial charge on any atom is 0.272 e. The molecular weight excluding hydrogens is 212 g/mol. The van der Waals surface area contributed by atoms with E-state index in [4.69, 9.17) is 0 Å². The molecule has 3 heteroatoms. The van der Waals surface area contributed by atoms with Gasteiger partial charge in [0.25, 0.3) is 5.91 Å². The second-order valence-corrected chi connectivity index (χ2v) is 4.03. The van der Waals surface area contributed by atoms with Crippen molar-refractivity contribution < 1.29 is 4.79 Å². The zero-order chi connectivity index (χ0) is 11.7. The number of anilines is 1. The average Bonchev–Trinajstić information content (AvgIpc) is 2.68. The monoisotopic (exact) mass is 224 g/mol. The Labute approximate surface area is 99.7 Å². The van der Waals surface area contributed by atoms with Crippen LogP contribution in [0.3, 0.4) is 0 Å². The van der Waals surface area contributed by atoms with Crippen molar-refractivity contribution in [1.82, 2.24) is 5.01 Å². The number of hydrogen-bond donors (Lipinski definition) is 1. The van der Waals surface area contributed by atoms with Gasteiger partial charge in [0.1, 0.15) is 0 Å². The molecule has 0 unspecified atom stereocenters. The van der Waals surface area contributed by atoms with Crippen molar-refractivity contribution in [2.24, 2.45) is 0 Å². The fourth-order valence-corrected chi connectivity index (χ4v) is 2.01. The second-order valence-electron chi connectivity index (χ2n) is 4.03. The van der Waals surface area contributed by atoms with Crippen LogP contribution in [0.2, 0.25) is 0 Å². The van der Waals surface area contributed by atoms with E-state index in [2.05, 4.69) is 5.43 Å². The van der Waals surface area contributed by atoms with Gasteiger partial charge in [-0.3, -0.25) is 10.2 Å². The second kappa shape index (κ2) is 3.94. The van der Waals surface area contributed by atoms with Crippen LogP contribution < -0.4 is 5.43 Å². The van der Waals surface area contributed by atoms with Crippen molar-refractivity contribution in [1.29, 1.82) is 0 Å². The highest BCUT2D eigenvalue weighted by atomic mass is 16.2. The summed E-state index contributed by atoms with van der Waals surface area (Å²) in [6, 6.07) is 17.4. The molecule has 1 heterocycles. The molecule has 2 aromatic rings. The van der Waals surface area contributed by atoms with Crippen LogP contribution in [0, 0.1) is 0 Å². The Balaban J connectivity index is 1.83. The fraction of sp³-hybridized carbons (Fsp3) is 0.0714. The molecule has 84 valence electrons. The van der Waals surface area contributed by atoms with Gasteiger partial charge in [0.15, 0.2) is 0 Å². The smallest absolute Gasteiger partial charge is 0.272 e. The summed E-state index contributed by atoms with van der Waals surface area (Å²) in [5.41, 5.74) is 5.90. The zero-order valence-electron chi connectivity index (χ0n) is 9.26. The number of nitrogens with one attached hydrogen (secondary N) is 1. The number of benzene rings is 2. The molecule has 0 fully saturated rings. The van der Waals surface area contributed by atoms with Crippen LogP contribution in [-0.2, 0) is 6.54 Å². The Hall–Kier alpha value is -2.29. The minimum absolute atomic E-state index is 0.0319. The number of carbonyl (C=O) groups excluding carboxylic acids is 1. The molecule has 0 aromatic heterocycles. The molecule has 0 saturated heterocycles. The Kier molecular flexibility index (Phi) is 2.29. The van der Waals surface area contributed by atoms with Crippen molar-refractivity contribution >= 4 is 11.6 Å². The molecule has 1 N–H and O–H groups in total. The molecular formula is C14H12N2O. The van der Waals surface area contributed by atoms with Gasteiger partial charge in [-0.05, 0) is 23.8 Å². The molecule has 1 aliphatic heterocycles. The molecule has 3 nitrogen and oxygen atoms in total. The topological polar surface area (TPSA) is 32.3 Å². The van der Waals surface area contributed by atoms with E-state index in [0.717, 1.165) is 16.8 Å². The summed E-state index contributed by atoms with van der Waals surface area (Å²) < 4.78 is 0. The van der Waals surface area contributed by atoms with Gasteiger partial charge in [-0.25, -0.2) is 5.01 Å². The minimum atomic E-state index is 0.0319. The van der Waals surface area contributed by atoms with Gasteiger partial charge in [0, 0.05) is 5.56 Å². The van der Waals surface area contributed by atoms with Gasteiger partial charge in [-0.2, -0.15) is 0 Å². The number of carbonyl (C=O) groups is 1. The van der Waals surface area contributed by atoms with Crippen molar-refractivity contribution in [3.8, 4) is 0 Å². The first-order chi connectivity index (χ1) is 8.34. The number of hydrazine groups is 1. The highest BCUT2D eigenvalue weighted by Gasteiger charge is 2.26. The van der Waals surface area contributed by atoms with E-state index in [0.29, 0.717) is 6.54 Å². The average molecular weight is 224 g/mol. The summed E-state index contributed by atoms with van der Waals surface area (Å²) in [6.45, 7) is 0.615.